The molecule has 3 rings (SSSR count). The zero-order valence-electron chi connectivity index (χ0n) is 14.5. The van der Waals surface area contributed by atoms with E-state index in [1.54, 1.807) is 0 Å². The highest BCUT2D eigenvalue weighted by Gasteiger charge is 2.15. The average molecular weight is 386 g/mol. The van der Waals surface area contributed by atoms with Crippen molar-refractivity contribution in [3.8, 4) is 11.1 Å². The lowest BCUT2D eigenvalue weighted by molar-refractivity contribution is 0.102. The summed E-state index contributed by atoms with van der Waals surface area (Å²) in [7, 11) is 0. The molecule has 134 valence electrons. The number of hydrogen-bond acceptors (Lipinski definition) is 4. The van der Waals surface area contributed by atoms with Gasteiger partial charge in [0.05, 0.1) is 6.20 Å². The van der Waals surface area contributed by atoms with Gasteiger partial charge in [-0.25, -0.2) is 4.98 Å². The number of hydrogen-bond donors (Lipinski definition) is 2. The van der Waals surface area contributed by atoms with E-state index in [2.05, 4.69) is 22.5 Å². The molecule has 0 saturated carbocycles. The summed E-state index contributed by atoms with van der Waals surface area (Å²) in [6, 6.07) is 15.7. The van der Waals surface area contributed by atoms with Gasteiger partial charge < -0.3 is 5.32 Å². The number of thiazole rings is 1. The van der Waals surface area contributed by atoms with Crippen LogP contribution in [0, 0.1) is 0 Å². The van der Waals surface area contributed by atoms with Crippen molar-refractivity contribution in [2.45, 2.75) is 19.8 Å². The number of halogens is 1. The number of anilines is 2. The van der Waals surface area contributed by atoms with Gasteiger partial charge in [0.1, 0.15) is 4.34 Å². The molecule has 26 heavy (non-hydrogen) atoms. The van der Waals surface area contributed by atoms with E-state index in [1.165, 1.54) is 17.5 Å². The Labute approximate surface area is 162 Å². The Morgan fingerprint density at radius 1 is 1.19 bits per heavy atom. The Hall–Kier alpha value is -2.37. The highest BCUT2D eigenvalue weighted by Crippen LogP contribution is 2.29. The molecule has 1 aromatic heterocycles. The van der Waals surface area contributed by atoms with Gasteiger partial charge in [-0.1, -0.05) is 66.6 Å². The van der Waals surface area contributed by atoms with Crippen LogP contribution < -0.4 is 10.6 Å². The topological polar surface area (TPSA) is 54.0 Å². The lowest BCUT2D eigenvalue weighted by Gasteiger charge is -2.13. The van der Waals surface area contributed by atoms with Crippen LogP contribution in [-0.4, -0.2) is 17.4 Å². The van der Waals surface area contributed by atoms with Crippen LogP contribution in [-0.2, 0) is 0 Å². The van der Waals surface area contributed by atoms with Gasteiger partial charge >= 0.3 is 0 Å². The van der Waals surface area contributed by atoms with Gasteiger partial charge in [0, 0.05) is 17.8 Å². The molecule has 0 saturated heterocycles. The first kappa shape index (κ1) is 18.4. The van der Waals surface area contributed by atoms with Crippen LogP contribution in [0.5, 0.6) is 0 Å². The number of nitrogens with zero attached hydrogens (tertiary/aromatic N) is 1. The molecule has 0 unspecified atom stereocenters. The summed E-state index contributed by atoms with van der Waals surface area (Å²) < 4.78 is 0.541. The summed E-state index contributed by atoms with van der Waals surface area (Å²) in [6.07, 6.45) is 3.77. The molecule has 2 N–H and O–H groups in total. The Morgan fingerprint density at radius 2 is 2.00 bits per heavy atom. The maximum atomic E-state index is 12.8. The van der Waals surface area contributed by atoms with Crippen LogP contribution >= 0.6 is 22.9 Å². The third-order valence-electron chi connectivity index (χ3n) is 3.91. The van der Waals surface area contributed by atoms with Crippen LogP contribution in [0.3, 0.4) is 0 Å². The predicted molar refractivity (Wildman–Crippen MR) is 110 cm³/mol. The first-order valence-corrected chi connectivity index (χ1v) is 9.73. The monoisotopic (exact) mass is 385 g/mol. The molecule has 3 aromatic rings. The van der Waals surface area contributed by atoms with Gasteiger partial charge in [0.25, 0.3) is 5.91 Å². The second kappa shape index (κ2) is 8.83. The quantitative estimate of drug-likeness (QED) is 0.496. The minimum atomic E-state index is -0.199. The second-order valence-electron chi connectivity index (χ2n) is 5.83. The Bertz CT molecular complexity index is 880. The van der Waals surface area contributed by atoms with Crippen molar-refractivity contribution in [2.75, 3.05) is 17.2 Å². The third-order valence-corrected chi connectivity index (χ3v) is 4.94. The molecule has 1 heterocycles. The number of benzene rings is 2. The van der Waals surface area contributed by atoms with E-state index < -0.39 is 0 Å². The van der Waals surface area contributed by atoms with E-state index in [4.69, 9.17) is 11.6 Å². The van der Waals surface area contributed by atoms with Crippen molar-refractivity contribution in [3.63, 3.8) is 0 Å². The van der Waals surface area contributed by atoms with Gasteiger partial charge in [-0.05, 0) is 35.7 Å². The Balaban J connectivity index is 1.91. The number of nitrogens with one attached hydrogen (secondary N) is 2. The summed E-state index contributed by atoms with van der Waals surface area (Å²) in [5.74, 6) is -0.199. The lowest BCUT2D eigenvalue weighted by atomic mass is 9.98. The molecule has 0 aliphatic heterocycles. The highest BCUT2D eigenvalue weighted by molar-refractivity contribution is 7.19. The molecule has 0 radical (unpaired) electrons. The van der Waals surface area contributed by atoms with Crippen LogP contribution in [0.1, 0.15) is 30.1 Å². The van der Waals surface area contributed by atoms with E-state index in [0.717, 1.165) is 36.2 Å². The average Bonchev–Trinajstić information content (AvgIpc) is 3.07. The number of unbranched alkanes of at least 4 members (excludes halogenated alkanes) is 1. The number of rotatable bonds is 7. The Morgan fingerprint density at radius 3 is 2.69 bits per heavy atom. The summed E-state index contributed by atoms with van der Waals surface area (Å²) >= 11 is 7.13. The summed E-state index contributed by atoms with van der Waals surface area (Å²) in [4.78, 5) is 16.9. The number of amides is 1. The van der Waals surface area contributed by atoms with Crippen molar-refractivity contribution in [1.29, 1.82) is 0 Å². The fraction of sp³-hybridized carbons (Fsp3) is 0.200. The third kappa shape index (κ3) is 4.62. The van der Waals surface area contributed by atoms with Crippen LogP contribution in [0.2, 0.25) is 4.34 Å². The van der Waals surface area contributed by atoms with E-state index in [-0.39, 0.29) is 5.91 Å². The van der Waals surface area contributed by atoms with Crippen molar-refractivity contribution >= 4 is 39.7 Å². The highest BCUT2D eigenvalue weighted by atomic mass is 35.5. The van der Waals surface area contributed by atoms with Crippen molar-refractivity contribution in [2.24, 2.45) is 0 Å². The normalized spacial score (nSPS) is 10.5. The van der Waals surface area contributed by atoms with E-state index >= 15 is 0 Å². The van der Waals surface area contributed by atoms with E-state index in [0.29, 0.717) is 15.0 Å². The number of carbonyl (C=O) groups is 1. The standard InChI is InChI=1S/C20H20ClN3OS/c1-2-3-11-22-15-9-10-16(17(12-15)14-7-5-4-6-8-14)19(25)24-20-23-13-18(21)26-20/h4-10,12-13,22H,2-3,11H2,1H3,(H,23,24,25). The molecule has 1 amide bonds. The first-order valence-electron chi connectivity index (χ1n) is 8.53. The molecule has 0 fully saturated rings. The zero-order valence-corrected chi connectivity index (χ0v) is 16.0. The zero-order chi connectivity index (χ0) is 18.4. The van der Waals surface area contributed by atoms with Gasteiger partial charge in [0.15, 0.2) is 5.13 Å². The SMILES string of the molecule is CCCCNc1ccc(C(=O)Nc2ncc(Cl)s2)c(-c2ccccc2)c1. The molecule has 0 atom stereocenters. The van der Waals surface area contributed by atoms with Crippen LogP contribution in [0.15, 0.2) is 54.7 Å². The number of carbonyl (C=O) groups excluding carboxylic acids is 1. The largest absolute Gasteiger partial charge is 0.385 e. The van der Waals surface area contributed by atoms with Gasteiger partial charge in [-0.3, -0.25) is 10.1 Å². The molecular formula is C20H20ClN3OS. The molecule has 0 spiro atoms. The maximum absolute atomic E-state index is 12.8. The predicted octanol–water partition coefficient (Wildman–Crippen LogP) is 5.93. The van der Waals surface area contributed by atoms with Crippen molar-refractivity contribution in [1.82, 2.24) is 4.98 Å². The summed E-state index contributed by atoms with van der Waals surface area (Å²) in [5, 5.41) is 6.73. The molecule has 0 bridgehead atoms. The maximum Gasteiger partial charge on any atom is 0.258 e. The second-order valence-corrected chi connectivity index (χ2v) is 7.49. The van der Waals surface area contributed by atoms with E-state index in [9.17, 15) is 4.79 Å². The van der Waals surface area contributed by atoms with E-state index in [1.807, 2.05) is 48.5 Å². The minimum Gasteiger partial charge on any atom is -0.385 e. The van der Waals surface area contributed by atoms with Gasteiger partial charge in [0.2, 0.25) is 0 Å². The molecule has 4 nitrogen and oxygen atoms in total. The molecule has 0 aliphatic rings. The fourth-order valence-electron chi connectivity index (χ4n) is 2.59. The smallest absolute Gasteiger partial charge is 0.258 e. The summed E-state index contributed by atoms with van der Waals surface area (Å²) in [6.45, 7) is 3.07. The van der Waals surface area contributed by atoms with Crippen molar-refractivity contribution in [3.05, 3.63) is 64.6 Å². The summed E-state index contributed by atoms with van der Waals surface area (Å²) in [5.41, 5.74) is 3.48. The first-order chi connectivity index (χ1) is 12.7. The Kier molecular flexibility index (Phi) is 6.26. The van der Waals surface area contributed by atoms with Crippen LogP contribution in [0.4, 0.5) is 10.8 Å². The van der Waals surface area contributed by atoms with Gasteiger partial charge in [-0.15, -0.1) is 0 Å². The molecule has 0 aliphatic carbocycles. The lowest BCUT2D eigenvalue weighted by Crippen LogP contribution is -2.13. The minimum absolute atomic E-state index is 0.199. The number of aromatic nitrogens is 1. The molecule has 6 heteroatoms. The van der Waals surface area contributed by atoms with Crippen molar-refractivity contribution < 1.29 is 4.79 Å². The molecule has 2 aromatic carbocycles. The fourth-order valence-corrected chi connectivity index (χ4v) is 3.40. The van der Waals surface area contributed by atoms with Crippen LogP contribution in [0.25, 0.3) is 11.1 Å². The van der Waals surface area contributed by atoms with Gasteiger partial charge in [-0.2, -0.15) is 0 Å². The molecular weight excluding hydrogens is 366 g/mol.